The largest absolute Gasteiger partial charge is 0.462 e. The number of carbonyl (C=O) groups is 1. The van der Waals surface area contributed by atoms with Gasteiger partial charge in [0.05, 0.1) is 12.2 Å². The van der Waals surface area contributed by atoms with Crippen molar-refractivity contribution in [3.05, 3.63) is 54.2 Å². The maximum absolute atomic E-state index is 11.5. The highest BCUT2D eigenvalue weighted by Crippen LogP contribution is 2.15. The van der Waals surface area contributed by atoms with E-state index in [1.165, 1.54) is 0 Å². The van der Waals surface area contributed by atoms with E-state index in [-0.39, 0.29) is 5.97 Å². The topological polar surface area (TPSA) is 51.2 Å². The van der Waals surface area contributed by atoms with Crippen molar-refractivity contribution in [3.8, 4) is 0 Å². The van der Waals surface area contributed by atoms with Crippen molar-refractivity contribution < 1.29 is 9.53 Å². The Bertz CT molecular complexity index is 509. The summed E-state index contributed by atoms with van der Waals surface area (Å²) in [6.45, 7) is 2.17. The molecule has 0 bridgehead atoms. The molecule has 0 aliphatic rings. The second-order valence-corrected chi connectivity index (χ2v) is 3.64. The molecule has 1 aromatic heterocycles. The van der Waals surface area contributed by atoms with Crippen molar-refractivity contribution in [2.75, 3.05) is 11.9 Å². The number of ether oxygens (including phenoxy) is 1. The molecule has 0 unspecified atom stereocenters. The molecule has 1 aromatic carbocycles. The second kappa shape index (κ2) is 5.82. The lowest BCUT2D eigenvalue weighted by Crippen LogP contribution is -2.04. The summed E-state index contributed by atoms with van der Waals surface area (Å²) < 4.78 is 4.91. The van der Waals surface area contributed by atoms with E-state index in [9.17, 15) is 4.79 Å². The number of nitrogens with one attached hydrogen (secondary N) is 1. The van der Waals surface area contributed by atoms with E-state index >= 15 is 0 Å². The molecule has 92 valence electrons. The van der Waals surface area contributed by atoms with Crippen LogP contribution in [0.25, 0.3) is 0 Å². The van der Waals surface area contributed by atoms with Gasteiger partial charge in [0.15, 0.2) is 0 Å². The van der Waals surface area contributed by atoms with E-state index < -0.39 is 0 Å². The maximum atomic E-state index is 11.5. The first-order valence-electron chi connectivity index (χ1n) is 5.75. The molecule has 2 rings (SSSR count). The number of anilines is 2. The van der Waals surface area contributed by atoms with Crippen molar-refractivity contribution in [2.45, 2.75) is 6.92 Å². The molecular weight excluding hydrogens is 228 g/mol. The van der Waals surface area contributed by atoms with Gasteiger partial charge in [-0.3, -0.25) is 0 Å². The van der Waals surface area contributed by atoms with Gasteiger partial charge in [-0.25, -0.2) is 9.78 Å². The van der Waals surface area contributed by atoms with Gasteiger partial charge in [0, 0.05) is 11.9 Å². The lowest BCUT2D eigenvalue weighted by atomic mass is 10.2. The van der Waals surface area contributed by atoms with Crippen LogP contribution in [-0.4, -0.2) is 17.6 Å². The molecule has 0 atom stereocenters. The quantitative estimate of drug-likeness (QED) is 0.837. The van der Waals surface area contributed by atoms with Crippen molar-refractivity contribution in [2.24, 2.45) is 0 Å². The van der Waals surface area contributed by atoms with Gasteiger partial charge in [0.1, 0.15) is 5.82 Å². The SMILES string of the molecule is CCOC(=O)c1ccc(Nc2ccccn2)cc1. The zero-order chi connectivity index (χ0) is 12.8. The molecule has 1 heterocycles. The Kier molecular flexibility index (Phi) is 3.91. The normalized spacial score (nSPS) is 9.83. The van der Waals surface area contributed by atoms with Crippen LogP contribution in [-0.2, 0) is 4.74 Å². The highest BCUT2D eigenvalue weighted by atomic mass is 16.5. The summed E-state index contributed by atoms with van der Waals surface area (Å²) in [5, 5.41) is 3.14. The maximum Gasteiger partial charge on any atom is 0.338 e. The molecule has 0 fully saturated rings. The third-order valence-corrected chi connectivity index (χ3v) is 2.33. The summed E-state index contributed by atoms with van der Waals surface area (Å²) in [7, 11) is 0. The zero-order valence-corrected chi connectivity index (χ0v) is 10.1. The fourth-order valence-corrected chi connectivity index (χ4v) is 1.49. The Morgan fingerprint density at radius 2 is 2.00 bits per heavy atom. The molecule has 0 amide bonds. The third-order valence-electron chi connectivity index (χ3n) is 2.33. The molecule has 2 aromatic rings. The number of pyridine rings is 1. The summed E-state index contributed by atoms with van der Waals surface area (Å²) in [5.74, 6) is 0.461. The van der Waals surface area contributed by atoms with Gasteiger partial charge in [0.2, 0.25) is 0 Å². The van der Waals surface area contributed by atoms with Crippen molar-refractivity contribution in [1.29, 1.82) is 0 Å². The molecule has 4 heteroatoms. The Morgan fingerprint density at radius 3 is 2.61 bits per heavy atom. The molecule has 1 N–H and O–H groups in total. The third kappa shape index (κ3) is 3.07. The number of nitrogens with zero attached hydrogens (tertiary/aromatic N) is 1. The van der Waals surface area contributed by atoms with E-state index in [4.69, 9.17) is 4.74 Å². The van der Waals surface area contributed by atoms with Gasteiger partial charge in [-0.2, -0.15) is 0 Å². The monoisotopic (exact) mass is 242 g/mol. The van der Waals surface area contributed by atoms with Gasteiger partial charge in [-0.15, -0.1) is 0 Å². The van der Waals surface area contributed by atoms with Crippen LogP contribution in [0.1, 0.15) is 17.3 Å². The molecule has 0 aliphatic heterocycles. The van der Waals surface area contributed by atoms with Crippen LogP contribution in [0.2, 0.25) is 0 Å². The van der Waals surface area contributed by atoms with Crippen LogP contribution in [0, 0.1) is 0 Å². The molecule has 4 nitrogen and oxygen atoms in total. The highest BCUT2D eigenvalue weighted by Gasteiger charge is 2.05. The van der Waals surface area contributed by atoms with Gasteiger partial charge in [-0.1, -0.05) is 6.07 Å². The molecule has 0 spiro atoms. The predicted octanol–water partition coefficient (Wildman–Crippen LogP) is 3.00. The Hall–Kier alpha value is -2.36. The first-order valence-corrected chi connectivity index (χ1v) is 5.75. The molecular formula is C14H14N2O2. The first kappa shape index (κ1) is 12.1. The van der Waals surface area contributed by atoms with E-state index in [2.05, 4.69) is 10.3 Å². The lowest BCUT2D eigenvalue weighted by molar-refractivity contribution is 0.0526. The predicted molar refractivity (Wildman–Crippen MR) is 69.9 cm³/mol. The van der Waals surface area contributed by atoms with E-state index in [1.54, 1.807) is 25.3 Å². The number of esters is 1. The van der Waals surface area contributed by atoms with Crippen LogP contribution < -0.4 is 5.32 Å². The summed E-state index contributed by atoms with van der Waals surface area (Å²) in [6.07, 6.45) is 1.72. The van der Waals surface area contributed by atoms with Crippen molar-refractivity contribution in [3.63, 3.8) is 0 Å². The first-order chi connectivity index (χ1) is 8.79. The zero-order valence-electron chi connectivity index (χ0n) is 10.1. The Labute approximate surface area is 106 Å². The van der Waals surface area contributed by atoms with Gasteiger partial charge >= 0.3 is 5.97 Å². The summed E-state index contributed by atoms with van der Waals surface area (Å²) in [6, 6.07) is 12.7. The van der Waals surface area contributed by atoms with E-state index in [0.717, 1.165) is 11.5 Å². The average Bonchev–Trinajstić information content (AvgIpc) is 2.41. The summed E-state index contributed by atoms with van der Waals surface area (Å²) in [5.41, 5.74) is 1.42. The minimum atomic E-state index is -0.304. The number of hydrogen-bond acceptors (Lipinski definition) is 4. The number of benzene rings is 1. The van der Waals surface area contributed by atoms with E-state index in [1.807, 2.05) is 30.3 Å². The van der Waals surface area contributed by atoms with Crippen LogP contribution in [0.15, 0.2) is 48.7 Å². The fraction of sp³-hybridized carbons (Fsp3) is 0.143. The number of hydrogen-bond donors (Lipinski definition) is 1. The molecule has 0 radical (unpaired) electrons. The highest BCUT2D eigenvalue weighted by molar-refractivity contribution is 5.89. The smallest absolute Gasteiger partial charge is 0.338 e. The molecule has 18 heavy (non-hydrogen) atoms. The number of carbonyl (C=O) groups excluding carboxylic acids is 1. The van der Waals surface area contributed by atoms with Crippen LogP contribution in [0.5, 0.6) is 0 Å². The van der Waals surface area contributed by atoms with Gasteiger partial charge < -0.3 is 10.1 Å². The average molecular weight is 242 g/mol. The van der Waals surface area contributed by atoms with Gasteiger partial charge in [-0.05, 0) is 43.3 Å². The van der Waals surface area contributed by atoms with Crippen molar-refractivity contribution in [1.82, 2.24) is 4.98 Å². The van der Waals surface area contributed by atoms with Crippen LogP contribution >= 0.6 is 0 Å². The van der Waals surface area contributed by atoms with E-state index in [0.29, 0.717) is 12.2 Å². The minimum absolute atomic E-state index is 0.304. The minimum Gasteiger partial charge on any atom is -0.462 e. The second-order valence-electron chi connectivity index (χ2n) is 3.64. The standard InChI is InChI=1S/C14H14N2O2/c1-2-18-14(17)11-6-8-12(9-7-11)16-13-5-3-4-10-15-13/h3-10H,2H2,1H3,(H,15,16). The summed E-state index contributed by atoms with van der Waals surface area (Å²) >= 11 is 0. The van der Waals surface area contributed by atoms with Gasteiger partial charge in [0.25, 0.3) is 0 Å². The number of aromatic nitrogens is 1. The summed E-state index contributed by atoms with van der Waals surface area (Å²) in [4.78, 5) is 15.6. The molecule has 0 saturated carbocycles. The lowest BCUT2D eigenvalue weighted by Gasteiger charge is -2.06. The van der Waals surface area contributed by atoms with Crippen LogP contribution in [0.3, 0.4) is 0 Å². The number of rotatable bonds is 4. The van der Waals surface area contributed by atoms with Crippen LogP contribution in [0.4, 0.5) is 11.5 Å². The Morgan fingerprint density at radius 1 is 1.22 bits per heavy atom. The fourth-order valence-electron chi connectivity index (χ4n) is 1.49. The van der Waals surface area contributed by atoms with Crippen molar-refractivity contribution >= 4 is 17.5 Å². The molecule has 0 saturated heterocycles. The molecule has 0 aliphatic carbocycles. The Balaban J connectivity index is 2.06.